The van der Waals surface area contributed by atoms with Gasteiger partial charge in [0.2, 0.25) is 0 Å². The van der Waals surface area contributed by atoms with Crippen LogP contribution in [0.15, 0.2) is 48.5 Å². The number of para-hydroxylation sites is 1. The summed E-state index contributed by atoms with van der Waals surface area (Å²) in [5.74, 6) is -0.912. The minimum Gasteiger partial charge on any atom is -0.484 e. The van der Waals surface area contributed by atoms with Crippen LogP contribution in [0.3, 0.4) is 0 Å². The van der Waals surface area contributed by atoms with Crippen LogP contribution in [-0.4, -0.2) is 24.5 Å². The summed E-state index contributed by atoms with van der Waals surface area (Å²) >= 11 is 0. The molecule has 1 fully saturated rings. The van der Waals surface area contributed by atoms with E-state index in [1.165, 1.54) is 18.6 Å². The highest BCUT2D eigenvalue weighted by molar-refractivity contribution is 6.04. The molecule has 1 aliphatic rings. The van der Waals surface area contributed by atoms with Gasteiger partial charge >= 0.3 is 6.18 Å². The highest BCUT2D eigenvalue weighted by Crippen LogP contribution is 2.31. The molecule has 2 amide bonds. The zero-order valence-electron chi connectivity index (χ0n) is 16.3. The summed E-state index contributed by atoms with van der Waals surface area (Å²) in [5.41, 5.74) is -0.205. The number of ether oxygens (including phenoxy) is 1. The van der Waals surface area contributed by atoms with E-state index in [4.69, 9.17) is 4.74 Å². The third-order valence-corrected chi connectivity index (χ3v) is 4.92. The summed E-state index contributed by atoms with van der Waals surface area (Å²) in [5, 5.41) is 5.60. The zero-order valence-corrected chi connectivity index (χ0v) is 16.3. The Labute approximate surface area is 172 Å². The SMILES string of the molecule is O=C(COc1cccc(C(F)(F)F)c1)Nc1ccccc1C(=O)NC1CCCCC1. The van der Waals surface area contributed by atoms with Gasteiger partial charge in [-0.2, -0.15) is 13.2 Å². The first-order valence-corrected chi connectivity index (χ1v) is 9.83. The van der Waals surface area contributed by atoms with E-state index in [-0.39, 0.29) is 17.7 Å². The molecule has 0 saturated heterocycles. The third kappa shape index (κ3) is 5.98. The van der Waals surface area contributed by atoms with Crippen LogP contribution >= 0.6 is 0 Å². The predicted octanol–water partition coefficient (Wildman–Crippen LogP) is 4.79. The van der Waals surface area contributed by atoms with Gasteiger partial charge < -0.3 is 15.4 Å². The number of halogens is 3. The summed E-state index contributed by atoms with van der Waals surface area (Å²) < 4.78 is 43.5. The molecule has 30 heavy (non-hydrogen) atoms. The average molecular weight is 420 g/mol. The van der Waals surface area contributed by atoms with Crippen molar-refractivity contribution in [1.82, 2.24) is 5.32 Å². The van der Waals surface area contributed by atoms with Crippen molar-refractivity contribution in [2.24, 2.45) is 0 Å². The van der Waals surface area contributed by atoms with Crippen LogP contribution in [0.5, 0.6) is 5.75 Å². The van der Waals surface area contributed by atoms with Crippen LogP contribution < -0.4 is 15.4 Å². The van der Waals surface area contributed by atoms with Crippen molar-refractivity contribution >= 4 is 17.5 Å². The van der Waals surface area contributed by atoms with Crippen molar-refractivity contribution < 1.29 is 27.5 Å². The number of carbonyl (C=O) groups is 2. The smallest absolute Gasteiger partial charge is 0.416 e. The van der Waals surface area contributed by atoms with E-state index >= 15 is 0 Å². The van der Waals surface area contributed by atoms with E-state index in [1.54, 1.807) is 24.3 Å². The Hall–Kier alpha value is -3.03. The summed E-state index contributed by atoms with van der Waals surface area (Å²) in [6.45, 7) is -0.486. The molecule has 5 nitrogen and oxygen atoms in total. The van der Waals surface area contributed by atoms with Crippen molar-refractivity contribution in [1.29, 1.82) is 0 Å². The molecule has 2 N–H and O–H groups in total. The molecule has 0 radical (unpaired) electrons. The molecule has 8 heteroatoms. The summed E-state index contributed by atoms with van der Waals surface area (Å²) in [6, 6.07) is 11.0. The van der Waals surface area contributed by atoms with Gasteiger partial charge in [-0.3, -0.25) is 9.59 Å². The Morgan fingerprint density at radius 1 is 1.00 bits per heavy atom. The fourth-order valence-electron chi connectivity index (χ4n) is 3.40. The number of carbonyl (C=O) groups excluding carboxylic acids is 2. The number of hydrogen-bond donors (Lipinski definition) is 2. The topological polar surface area (TPSA) is 67.4 Å². The number of anilines is 1. The van der Waals surface area contributed by atoms with Crippen molar-refractivity contribution in [2.45, 2.75) is 44.3 Å². The fraction of sp³-hybridized carbons (Fsp3) is 0.364. The van der Waals surface area contributed by atoms with Crippen molar-refractivity contribution in [2.75, 3.05) is 11.9 Å². The van der Waals surface area contributed by atoms with Crippen molar-refractivity contribution in [3.8, 4) is 5.75 Å². The van der Waals surface area contributed by atoms with E-state index in [1.807, 2.05) is 0 Å². The maximum absolute atomic E-state index is 12.8. The van der Waals surface area contributed by atoms with E-state index < -0.39 is 24.3 Å². The number of nitrogens with one attached hydrogen (secondary N) is 2. The fourth-order valence-corrected chi connectivity index (χ4v) is 3.40. The minimum atomic E-state index is -4.49. The van der Waals surface area contributed by atoms with Gasteiger partial charge in [-0.25, -0.2) is 0 Å². The Balaban J connectivity index is 1.60. The summed E-state index contributed by atoms with van der Waals surface area (Å²) in [6.07, 6.45) is 0.708. The first kappa shape index (κ1) is 21.7. The Morgan fingerprint density at radius 2 is 1.73 bits per heavy atom. The molecule has 1 aliphatic carbocycles. The van der Waals surface area contributed by atoms with Gasteiger partial charge in [0.1, 0.15) is 5.75 Å². The van der Waals surface area contributed by atoms with Gasteiger partial charge in [-0.15, -0.1) is 0 Å². The molecule has 160 valence electrons. The van der Waals surface area contributed by atoms with Gasteiger partial charge in [-0.05, 0) is 43.2 Å². The van der Waals surface area contributed by atoms with Crippen LogP contribution in [0.4, 0.5) is 18.9 Å². The number of benzene rings is 2. The maximum Gasteiger partial charge on any atom is 0.416 e. The van der Waals surface area contributed by atoms with Crippen LogP contribution in [0.2, 0.25) is 0 Å². The zero-order chi connectivity index (χ0) is 21.6. The molecule has 0 bridgehead atoms. The predicted molar refractivity (Wildman–Crippen MR) is 106 cm³/mol. The standard InChI is InChI=1S/C22H23F3N2O3/c23-22(24,25)15-7-6-10-17(13-15)30-14-20(28)27-19-12-5-4-11-18(19)21(29)26-16-8-2-1-3-9-16/h4-7,10-13,16H,1-3,8-9,14H2,(H,26,29)(H,27,28). The number of hydrogen-bond acceptors (Lipinski definition) is 3. The first-order valence-electron chi connectivity index (χ1n) is 9.83. The van der Waals surface area contributed by atoms with Gasteiger partial charge in [0.25, 0.3) is 11.8 Å². The summed E-state index contributed by atoms with van der Waals surface area (Å²) in [7, 11) is 0. The summed E-state index contributed by atoms with van der Waals surface area (Å²) in [4.78, 5) is 24.9. The number of alkyl halides is 3. The molecule has 0 aliphatic heterocycles. The highest BCUT2D eigenvalue weighted by atomic mass is 19.4. The molecule has 1 saturated carbocycles. The maximum atomic E-state index is 12.8. The number of amides is 2. The molecule has 0 spiro atoms. The molecule has 0 atom stereocenters. The van der Waals surface area contributed by atoms with Crippen LogP contribution in [0, 0.1) is 0 Å². The Bertz CT molecular complexity index is 893. The normalized spacial score (nSPS) is 14.8. The molecular formula is C22H23F3N2O3. The molecule has 2 aromatic rings. The van der Waals surface area contributed by atoms with Gasteiger partial charge in [0, 0.05) is 6.04 Å². The molecule has 3 rings (SSSR count). The third-order valence-electron chi connectivity index (χ3n) is 4.92. The average Bonchev–Trinajstić information content (AvgIpc) is 2.73. The molecule has 2 aromatic carbocycles. The van der Waals surface area contributed by atoms with Gasteiger partial charge in [0.15, 0.2) is 6.61 Å². The monoisotopic (exact) mass is 420 g/mol. The molecule has 0 heterocycles. The second-order valence-electron chi connectivity index (χ2n) is 7.22. The van der Waals surface area contributed by atoms with Gasteiger partial charge in [0.05, 0.1) is 16.8 Å². The van der Waals surface area contributed by atoms with E-state index in [9.17, 15) is 22.8 Å². The van der Waals surface area contributed by atoms with Crippen LogP contribution in [0.25, 0.3) is 0 Å². The molecule has 0 aromatic heterocycles. The van der Waals surface area contributed by atoms with Crippen molar-refractivity contribution in [3.63, 3.8) is 0 Å². The van der Waals surface area contributed by atoms with E-state index in [0.717, 1.165) is 37.8 Å². The molecule has 0 unspecified atom stereocenters. The quantitative estimate of drug-likeness (QED) is 0.707. The van der Waals surface area contributed by atoms with Crippen LogP contribution in [-0.2, 0) is 11.0 Å². The van der Waals surface area contributed by atoms with Gasteiger partial charge in [-0.1, -0.05) is 37.5 Å². The second-order valence-corrected chi connectivity index (χ2v) is 7.22. The number of rotatable bonds is 6. The lowest BCUT2D eigenvalue weighted by molar-refractivity contribution is -0.137. The van der Waals surface area contributed by atoms with E-state index in [2.05, 4.69) is 10.6 Å². The lowest BCUT2D eigenvalue weighted by Gasteiger charge is -2.23. The lowest BCUT2D eigenvalue weighted by Crippen LogP contribution is -2.36. The Morgan fingerprint density at radius 3 is 2.47 bits per heavy atom. The Kier molecular flexibility index (Phi) is 6.97. The van der Waals surface area contributed by atoms with E-state index in [0.29, 0.717) is 11.3 Å². The lowest BCUT2D eigenvalue weighted by atomic mass is 9.95. The molecular weight excluding hydrogens is 397 g/mol. The first-order chi connectivity index (χ1) is 14.3. The van der Waals surface area contributed by atoms with Crippen molar-refractivity contribution in [3.05, 3.63) is 59.7 Å². The largest absolute Gasteiger partial charge is 0.484 e. The second kappa shape index (κ2) is 9.65. The van der Waals surface area contributed by atoms with Crippen LogP contribution in [0.1, 0.15) is 48.0 Å². The highest BCUT2D eigenvalue weighted by Gasteiger charge is 2.30. The minimum absolute atomic E-state index is 0.0664.